The topological polar surface area (TPSA) is 31.6 Å². The van der Waals surface area contributed by atoms with Crippen LogP contribution in [0.15, 0.2) is 16.5 Å². The largest absolute Gasteiger partial charge is 0.487 e. The molecule has 0 saturated carbocycles. The molecule has 1 aliphatic heterocycles. The van der Waals surface area contributed by atoms with Crippen molar-refractivity contribution >= 4 is 13.2 Å². The molecule has 0 aromatic carbocycles. The van der Waals surface area contributed by atoms with E-state index >= 15 is 0 Å². The standard InChI is InChI=1S/C14H21BO3/c1-10-9-12(11(2)16-10)7-8-15-17-13(3,4)14(5,6)18-15/h7-9H,1-6H3/b8-7+. The normalized spacial score (nSPS) is 22.0. The monoisotopic (exact) mass is 248 g/mol. The zero-order valence-electron chi connectivity index (χ0n) is 12.0. The number of aryl methyl sites for hydroxylation is 2. The Bertz CT molecular complexity index is 455. The molecule has 1 aromatic rings. The highest BCUT2D eigenvalue weighted by Gasteiger charge is 2.49. The van der Waals surface area contributed by atoms with Crippen LogP contribution in [0.4, 0.5) is 0 Å². The van der Waals surface area contributed by atoms with E-state index in [0.29, 0.717) is 0 Å². The van der Waals surface area contributed by atoms with E-state index in [0.717, 1.165) is 17.1 Å². The second kappa shape index (κ2) is 4.28. The summed E-state index contributed by atoms with van der Waals surface area (Å²) in [6.07, 6.45) is 1.99. The molecule has 1 fully saturated rings. The molecule has 1 saturated heterocycles. The summed E-state index contributed by atoms with van der Waals surface area (Å²) in [5.41, 5.74) is 0.495. The Balaban J connectivity index is 2.11. The van der Waals surface area contributed by atoms with Crippen LogP contribution in [0.3, 0.4) is 0 Å². The minimum absolute atomic E-state index is 0.288. The van der Waals surface area contributed by atoms with Gasteiger partial charge in [-0.2, -0.15) is 0 Å². The number of furan rings is 1. The van der Waals surface area contributed by atoms with Crippen LogP contribution in [0.25, 0.3) is 6.08 Å². The van der Waals surface area contributed by atoms with Crippen LogP contribution in [0.1, 0.15) is 44.8 Å². The van der Waals surface area contributed by atoms with Gasteiger partial charge >= 0.3 is 7.12 Å². The molecule has 1 aliphatic rings. The zero-order valence-corrected chi connectivity index (χ0v) is 12.0. The van der Waals surface area contributed by atoms with Crippen molar-refractivity contribution in [1.82, 2.24) is 0 Å². The van der Waals surface area contributed by atoms with Crippen molar-refractivity contribution < 1.29 is 13.7 Å². The Morgan fingerprint density at radius 3 is 2.06 bits per heavy atom. The first kappa shape index (κ1) is 13.4. The van der Waals surface area contributed by atoms with Crippen LogP contribution >= 0.6 is 0 Å². The van der Waals surface area contributed by atoms with E-state index in [9.17, 15) is 0 Å². The molecule has 0 bridgehead atoms. The molecule has 98 valence electrons. The summed E-state index contributed by atoms with van der Waals surface area (Å²) < 4.78 is 17.3. The van der Waals surface area contributed by atoms with Crippen LogP contribution in [0.2, 0.25) is 0 Å². The summed E-state index contributed by atoms with van der Waals surface area (Å²) in [6.45, 7) is 12.1. The predicted octanol–water partition coefficient (Wildman–Crippen LogP) is 3.54. The quantitative estimate of drug-likeness (QED) is 0.750. The van der Waals surface area contributed by atoms with Crippen molar-refractivity contribution in [2.24, 2.45) is 0 Å². The Morgan fingerprint density at radius 2 is 1.61 bits per heavy atom. The molecule has 0 unspecified atom stereocenters. The number of hydrogen-bond acceptors (Lipinski definition) is 3. The maximum absolute atomic E-state index is 5.89. The van der Waals surface area contributed by atoms with Gasteiger partial charge in [0.2, 0.25) is 0 Å². The van der Waals surface area contributed by atoms with Gasteiger partial charge in [0.25, 0.3) is 0 Å². The lowest BCUT2D eigenvalue weighted by molar-refractivity contribution is 0.00578. The van der Waals surface area contributed by atoms with E-state index in [4.69, 9.17) is 13.7 Å². The summed E-state index contributed by atoms with van der Waals surface area (Å²) in [5.74, 6) is 3.77. The molecule has 3 nitrogen and oxygen atoms in total. The van der Waals surface area contributed by atoms with E-state index in [-0.39, 0.29) is 18.3 Å². The third kappa shape index (κ3) is 2.40. The Hall–Kier alpha value is -0.995. The minimum atomic E-state index is -0.301. The fraction of sp³-hybridized carbons (Fsp3) is 0.571. The highest BCUT2D eigenvalue weighted by Crippen LogP contribution is 2.37. The molecule has 0 aliphatic carbocycles. The third-order valence-electron chi connectivity index (χ3n) is 3.78. The van der Waals surface area contributed by atoms with E-state index in [1.165, 1.54) is 0 Å². The lowest BCUT2D eigenvalue weighted by atomic mass is 9.89. The van der Waals surface area contributed by atoms with Crippen molar-refractivity contribution in [2.45, 2.75) is 52.7 Å². The van der Waals surface area contributed by atoms with Gasteiger partial charge in [0.05, 0.1) is 11.2 Å². The van der Waals surface area contributed by atoms with Gasteiger partial charge in [-0.15, -0.1) is 0 Å². The summed E-state index contributed by atoms with van der Waals surface area (Å²) in [7, 11) is -0.301. The van der Waals surface area contributed by atoms with E-state index in [2.05, 4.69) is 0 Å². The third-order valence-corrected chi connectivity index (χ3v) is 3.78. The van der Waals surface area contributed by atoms with Crippen molar-refractivity contribution in [3.63, 3.8) is 0 Å². The maximum atomic E-state index is 5.89. The molecule has 0 amide bonds. The highest BCUT2D eigenvalue weighted by molar-refractivity contribution is 6.52. The molecule has 18 heavy (non-hydrogen) atoms. The Labute approximate surface area is 109 Å². The highest BCUT2D eigenvalue weighted by atomic mass is 16.7. The van der Waals surface area contributed by atoms with Crippen molar-refractivity contribution in [3.05, 3.63) is 29.1 Å². The zero-order chi connectivity index (χ0) is 13.6. The lowest BCUT2D eigenvalue weighted by Crippen LogP contribution is -2.41. The minimum Gasteiger partial charge on any atom is -0.466 e. The molecule has 1 aromatic heterocycles. The van der Waals surface area contributed by atoms with E-state index < -0.39 is 0 Å². The van der Waals surface area contributed by atoms with Gasteiger partial charge in [-0.25, -0.2) is 0 Å². The Morgan fingerprint density at radius 1 is 1.06 bits per heavy atom. The second-order valence-corrected chi connectivity index (χ2v) is 5.85. The SMILES string of the molecule is Cc1cc(/C=C/B2OC(C)(C)C(C)(C)O2)c(C)o1. The van der Waals surface area contributed by atoms with Crippen LogP contribution in [0, 0.1) is 13.8 Å². The molecule has 0 N–H and O–H groups in total. The van der Waals surface area contributed by atoms with Gasteiger partial charge in [-0.3, -0.25) is 0 Å². The average molecular weight is 248 g/mol. The van der Waals surface area contributed by atoms with Crippen LogP contribution < -0.4 is 0 Å². The number of rotatable bonds is 2. The second-order valence-electron chi connectivity index (χ2n) is 5.85. The summed E-state index contributed by atoms with van der Waals surface area (Å²) in [5, 5.41) is 0. The Kier molecular flexibility index (Phi) is 3.20. The molecular weight excluding hydrogens is 227 g/mol. The van der Waals surface area contributed by atoms with Crippen LogP contribution in [-0.4, -0.2) is 18.3 Å². The molecular formula is C14H21BO3. The smallest absolute Gasteiger partial charge is 0.466 e. The molecule has 0 atom stereocenters. The van der Waals surface area contributed by atoms with Gasteiger partial charge in [-0.1, -0.05) is 12.1 Å². The maximum Gasteiger partial charge on any atom is 0.487 e. The van der Waals surface area contributed by atoms with Gasteiger partial charge < -0.3 is 13.7 Å². The summed E-state index contributed by atoms with van der Waals surface area (Å²) in [6, 6.07) is 2.01. The van der Waals surface area contributed by atoms with Crippen molar-refractivity contribution in [1.29, 1.82) is 0 Å². The molecule has 4 heteroatoms. The summed E-state index contributed by atoms with van der Waals surface area (Å²) in [4.78, 5) is 0. The van der Waals surface area contributed by atoms with E-state index in [1.807, 2.05) is 59.7 Å². The van der Waals surface area contributed by atoms with E-state index in [1.54, 1.807) is 0 Å². The summed E-state index contributed by atoms with van der Waals surface area (Å²) >= 11 is 0. The van der Waals surface area contributed by atoms with Gasteiger partial charge in [0.1, 0.15) is 11.5 Å². The van der Waals surface area contributed by atoms with Gasteiger partial charge in [-0.05, 0) is 47.6 Å². The molecule has 0 radical (unpaired) electrons. The molecule has 2 heterocycles. The molecule has 2 rings (SSSR count). The van der Waals surface area contributed by atoms with Crippen LogP contribution in [-0.2, 0) is 9.31 Å². The van der Waals surface area contributed by atoms with Crippen molar-refractivity contribution in [3.8, 4) is 0 Å². The first-order valence-electron chi connectivity index (χ1n) is 6.32. The van der Waals surface area contributed by atoms with Crippen molar-refractivity contribution in [2.75, 3.05) is 0 Å². The predicted molar refractivity (Wildman–Crippen MR) is 73.3 cm³/mol. The van der Waals surface area contributed by atoms with Gasteiger partial charge in [0.15, 0.2) is 0 Å². The van der Waals surface area contributed by atoms with Gasteiger partial charge in [0, 0.05) is 5.56 Å². The number of hydrogen-bond donors (Lipinski definition) is 0. The average Bonchev–Trinajstić information content (AvgIpc) is 2.61. The fourth-order valence-electron chi connectivity index (χ4n) is 1.97. The van der Waals surface area contributed by atoms with Crippen LogP contribution in [0.5, 0.6) is 0 Å². The fourth-order valence-corrected chi connectivity index (χ4v) is 1.97. The lowest BCUT2D eigenvalue weighted by Gasteiger charge is -2.32. The molecule has 0 spiro atoms. The first-order valence-corrected chi connectivity index (χ1v) is 6.32. The first-order chi connectivity index (χ1) is 8.21.